The summed E-state index contributed by atoms with van der Waals surface area (Å²) in [5.74, 6) is -0.580. The lowest BCUT2D eigenvalue weighted by atomic mass is 10.1. The molecule has 0 saturated heterocycles. The van der Waals surface area contributed by atoms with Crippen molar-refractivity contribution >= 4 is 11.7 Å². The first kappa shape index (κ1) is 11.1. The number of hydrogen-bond acceptors (Lipinski definition) is 4. The van der Waals surface area contributed by atoms with Gasteiger partial charge < -0.3 is 15.0 Å². The molecule has 0 saturated carbocycles. The van der Waals surface area contributed by atoms with Crippen LogP contribution in [0.4, 0.5) is 5.82 Å². The maximum absolute atomic E-state index is 11.6. The fourth-order valence-electron chi connectivity index (χ4n) is 1.08. The summed E-state index contributed by atoms with van der Waals surface area (Å²) in [4.78, 5) is 26.4. The lowest BCUT2D eigenvalue weighted by molar-refractivity contribution is -0.389. The molecule has 1 amide bonds. The number of amides is 1. The standard InChI is InChI=1S/C9H11N3O3/c1-6-5-10-8(12(14)15)4-7(6)9(13)11(2)3/h4-5H,1-3H3. The number of carbonyl (C=O) groups excluding carboxylic acids is 1. The normalized spacial score (nSPS) is 9.80. The minimum absolute atomic E-state index is 0.266. The van der Waals surface area contributed by atoms with Crippen LogP contribution >= 0.6 is 0 Å². The summed E-state index contributed by atoms with van der Waals surface area (Å²) in [5.41, 5.74) is 0.931. The van der Waals surface area contributed by atoms with E-state index in [-0.39, 0.29) is 11.7 Å². The SMILES string of the molecule is Cc1cnc([N+](=O)[O-])cc1C(=O)N(C)C. The second-order valence-electron chi connectivity index (χ2n) is 3.31. The van der Waals surface area contributed by atoms with E-state index in [2.05, 4.69) is 4.98 Å². The minimum atomic E-state index is -0.619. The minimum Gasteiger partial charge on any atom is -0.358 e. The van der Waals surface area contributed by atoms with Crippen LogP contribution in [0.1, 0.15) is 15.9 Å². The lowest BCUT2D eigenvalue weighted by Crippen LogP contribution is -2.22. The summed E-state index contributed by atoms with van der Waals surface area (Å²) < 4.78 is 0. The van der Waals surface area contributed by atoms with E-state index < -0.39 is 4.92 Å². The van der Waals surface area contributed by atoms with Crippen molar-refractivity contribution in [3.63, 3.8) is 0 Å². The molecule has 1 rings (SSSR count). The molecular weight excluding hydrogens is 198 g/mol. The van der Waals surface area contributed by atoms with Crippen molar-refractivity contribution in [2.24, 2.45) is 0 Å². The second kappa shape index (κ2) is 4.04. The first-order chi connectivity index (χ1) is 6.93. The van der Waals surface area contributed by atoms with Crippen LogP contribution in [0.5, 0.6) is 0 Å². The number of carbonyl (C=O) groups is 1. The number of hydrogen-bond donors (Lipinski definition) is 0. The van der Waals surface area contributed by atoms with Crippen molar-refractivity contribution in [2.45, 2.75) is 6.92 Å². The first-order valence-corrected chi connectivity index (χ1v) is 4.26. The summed E-state index contributed by atoms with van der Waals surface area (Å²) >= 11 is 0. The van der Waals surface area contributed by atoms with Crippen molar-refractivity contribution in [1.29, 1.82) is 0 Å². The van der Waals surface area contributed by atoms with Gasteiger partial charge in [-0.1, -0.05) is 0 Å². The van der Waals surface area contributed by atoms with Crippen molar-refractivity contribution in [3.05, 3.63) is 33.5 Å². The predicted octanol–water partition coefficient (Wildman–Crippen LogP) is 1.00. The first-order valence-electron chi connectivity index (χ1n) is 4.26. The van der Waals surface area contributed by atoms with Crippen LogP contribution in [0.2, 0.25) is 0 Å². The Morgan fingerprint density at radius 2 is 2.13 bits per heavy atom. The van der Waals surface area contributed by atoms with Crippen LogP contribution < -0.4 is 0 Å². The Hall–Kier alpha value is -1.98. The Balaban J connectivity index is 3.22. The van der Waals surface area contributed by atoms with E-state index in [0.29, 0.717) is 11.1 Å². The van der Waals surface area contributed by atoms with E-state index in [1.165, 1.54) is 17.2 Å². The highest BCUT2D eigenvalue weighted by Gasteiger charge is 2.17. The van der Waals surface area contributed by atoms with Crippen molar-refractivity contribution in [1.82, 2.24) is 9.88 Å². The largest absolute Gasteiger partial charge is 0.364 e. The van der Waals surface area contributed by atoms with E-state index in [9.17, 15) is 14.9 Å². The Bertz CT molecular complexity index is 415. The summed E-state index contributed by atoms with van der Waals surface area (Å²) in [6.45, 7) is 1.69. The molecule has 0 N–H and O–H groups in total. The molecule has 0 aliphatic rings. The van der Waals surface area contributed by atoms with Gasteiger partial charge in [0.2, 0.25) is 0 Å². The van der Waals surface area contributed by atoms with E-state index in [4.69, 9.17) is 0 Å². The van der Waals surface area contributed by atoms with E-state index in [0.717, 1.165) is 0 Å². The zero-order chi connectivity index (χ0) is 11.6. The van der Waals surface area contributed by atoms with Gasteiger partial charge in [-0.2, -0.15) is 0 Å². The zero-order valence-electron chi connectivity index (χ0n) is 8.72. The number of pyridine rings is 1. The van der Waals surface area contributed by atoms with Gasteiger partial charge in [0.25, 0.3) is 5.91 Å². The van der Waals surface area contributed by atoms with Gasteiger partial charge in [0.05, 0.1) is 5.56 Å². The molecule has 1 aromatic heterocycles. The second-order valence-corrected chi connectivity index (χ2v) is 3.31. The maximum Gasteiger partial charge on any atom is 0.364 e. The molecule has 0 fully saturated rings. The molecule has 80 valence electrons. The monoisotopic (exact) mass is 209 g/mol. The summed E-state index contributed by atoms with van der Waals surface area (Å²) in [6.07, 6.45) is 1.33. The molecule has 6 heteroatoms. The fourth-order valence-corrected chi connectivity index (χ4v) is 1.08. The molecule has 0 aliphatic heterocycles. The maximum atomic E-state index is 11.6. The Morgan fingerprint density at radius 3 is 2.60 bits per heavy atom. The molecule has 0 spiro atoms. The quantitative estimate of drug-likeness (QED) is 0.537. The molecule has 0 aliphatic carbocycles. The van der Waals surface area contributed by atoms with Gasteiger partial charge in [-0.15, -0.1) is 0 Å². The molecule has 0 atom stereocenters. The summed E-state index contributed by atoms with van der Waals surface area (Å²) in [6, 6.07) is 1.19. The van der Waals surface area contributed by atoms with Crippen LogP contribution in [0.25, 0.3) is 0 Å². The number of rotatable bonds is 2. The molecule has 0 radical (unpaired) electrons. The number of aromatic nitrogens is 1. The van der Waals surface area contributed by atoms with Gasteiger partial charge >= 0.3 is 5.82 Å². The number of nitro groups is 1. The molecule has 1 heterocycles. The highest BCUT2D eigenvalue weighted by Crippen LogP contribution is 2.14. The van der Waals surface area contributed by atoms with Gasteiger partial charge in [-0.3, -0.25) is 4.79 Å². The van der Waals surface area contributed by atoms with Gasteiger partial charge in [0.15, 0.2) is 0 Å². The Labute approximate surface area is 86.7 Å². The summed E-state index contributed by atoms with van der Waals surface area (Å²) in [5, 5.41) is 10.5. The van der Waals surface area contributed by atoms with Crippen LogP contribution in [0, 0.1) is 17.0 Å². The zero-order valence-corrected chi connectivity index (χ0v) is 8.72. The van der Waals surface area contributed by atoms with Crippen LogP contribution in [-0.2, 0) is 0 Å². The van der Waals surface area contributed by atoms with E-state index in [1.54, 1.807) is 21.0 Å². The molecule has 6 nitrogen and oxygen atoms in total. The molecule has 0 bridgehead atoms. The molecule has 0 unspecified atom stereocenters. The molecular formula is C9H11N3O3. The van der Waals surface area contributed by atoms with Crippen LogP contribution in [0.3, 0.4) is 0 Å². The van der Waals surface area contributed by atoms with Gasteiger partial charge in [-0.05, 0) is 16.8 Å². The molecule has 15 heavy (non-hydrogen) atoms. The average molecular weight is 209 g/mol. The average Bonchev–Trinajstić information content (AvgIpc) is 2.16. The highest BCUT2D eigenvalue weighted by atomic mass is 16.6. The Morgan fingerprint density at radius 1 is 1.53 bits per heavy atom. The lowest BCUT2D eigenvalue weighted by Gasteiger charge is -2.10. The molecule has 0 aromatic carbocycles. The number of aryl methyl sites for hydroxylation is 1. The van der Waals surface area contributed by atoms with E-state index in [1.807, 2.05) is 0 Å². The van der Waals surface area contributed by atoms with Crippen molar-refractivity contribution in [3.8, 4) is 0 Å². The van der Waals surface area contributed by atoms with Gasteiger partial charge in [0.1, 0.15) is 6.20 Å². The third-order valence-electron chi connectivity index (χ3n) is 1.91. The van der Waals surface area contributed by atoms with Crippen molar-refractivity contribution in [2.75, 3.05) is 14.1 Å². The molecule has 1 aromatic rings. The van der Waals surface area contributed by atoms with Crippen molar-refractivity contribution < 1.29 is 9.72 Å². The third-order valence-corrected chi connectivity index (χ3v) is 1.91. The fraction of sp³-hybridized carbons (Fsp3) is 0.333. The van der Waals surface area contributed by atoms with Crippen LogP contribution in [0.15, 0.2) is 12.3 Å². The topological polar surface area (TPSA) is 76.3 Å². The third kappa shape index (κ3) is 2.28. The summed E-state index contributed by atoms with van der Waals surface area (Å²) in [7, 11) is 3.18. The van der Waals surface area contributed by atoms with Gasteiger partial charge in [0, 0.05) is 25.7 Å². The van der Waals surface area contributed by atoms with Gasteiger partial charge in [-0.25, -0.2) is 0 Å². The smallest absolute Gasteiger partial charge is 0.358 e. The number of nitrogens with zero attached hydrogens (tertiary/aromatic N) is 3. The predicted molar refractivity (Wildman–Crippen MR) is 53.6 cm³/mol. The van der Waals surface area contributed by atoms with Crippen LogP contribution in [-0.4, -0.2) is 34.8 Å². The van der Waals surface area contributed by atoms with E-state index >= 15 is 0 Å². The highest BCUT2D eigenvalue weighted by molar-refractivity contribution is 5.95. The Kier molecular flexibility index (Phi) is 2.99.